The lowest BCUT2D eigenvalue weighted by Gasteiger charge is -2.15. The summed E-state index contributed by atoms with van der Waals surface area (Å²) >= 11 is 19.3. The molecular formula is C14H12Cl3NO2S. The van der Waals surface area contributed by atoms with Crippen molar-refractivity contribution in [3.05, 3.63) is 49.1 Å². The highest BCUT2D eigenvalue weighted by Crippen LogP contribution is 2.38. The number of phenolic OH excluding ortho intramolecular Hbond substituents is 1. The molecule has 1 atom stereocenters. The zero-order chi connectivity index (χ0) is 15.6. The van der Waals surface area contributed by atoms with Crippen LogP contribution in [0.3, 0.4) is 0 Å². The molecule has 1 unspecified atom stereocenters. The third-order valence-corrected chi connectivity index (χ3v) is 4.81. The minimum absolute atomic E-state index is 0.0135. The molecule has 2 N–H and O–H groups in total. The molecule has 0 spiro atoms. The molecule has 1 aromatic carbocycles. The summed E-state index contributed by atoms with van der Waals surface area (Å²) in [6.07, 6.45) is 0.691. The Bertz CT molecular complexity index is 632. The van der Waals surface area contributed by atoms with E-state index in [0.717, 1.165) is 4.88 Å². The van der Waals surface area contributed by atoms with E-state index in [-0.39, 0.29) is 32.4 Å². The van der Waals surface area contributed by atoms with E-state index in [2.05, 4.69) is 5.32 Å². The van der Waals surface area contributed by atoms with Crippen LogP contribution in [0.5, 0.6) is 5.75 Å². The van der Waals surface area contributed by atoms with Gasteiger partial charge in [0.2, 0.25) is 0 Å². The molecule has 0 aliphatic heterocycles. The van der Waals surface area contributed by atoms with Gasteiger partial charge in [-0.2, -0.15) is 0 Å². The van der Waals surface area contributed by atoms with Gasteiger partial charge in [0.05, 0.1) is 15.1 Å². The molecule has 1 heterocycles. The zero-order valence-electron chi connectivity index (χ0n) is 11.0. The highest BCUT2D eigenvalue weighted by Gasteiger charge is 2.22. The lowest BCUT2D eigenvalue weighted by Crippen LogP contribution is -2.34. The van der Waals surface area contributed by atoms with Crippen molar-refractivity contribution in [1.29, 1.82) is 0 Å². The van der Waals surface area contributed by atoms with Crippen molar-refractivity contribution >= 4 is 52.0 Å². The maximum Gasteiger partial charge on any atom is 0.256 e. The molecular weight excluding hydrogens is 353 g/mol. The molecule has 0 saturated carbocycles. The number of hydrogen-bond donors (Lipinski definition) is 2. The van der Waals surface area contributed by atoms with Crippen molar-refractivity contribution in [1.82, 2.24) is 5.32 Å². The third-order valence-electron chi connectivity index (χ3n) is 2.84. The largest absolute Gasteiger partial charge is 0.505 e. The number of aromatic hydroxyl groups is 1. The molecule has 0 radical (unpaired) electrons. The van der Waals surface area contributed by atoms with Crippen LogP contribution in [-0.2, 0) is 6.42 Å². The number of hydrogen-bond acceptors (Lipinski definition) is 3. The number of carbonyl (C=O) groups excluding carboxylic acids is 1. The number of halogens is 3. The van der Waals surface area contributed by atoms with Gasteiger partial charge in [0.1, 0.15) is 11.3 Å². The predicted octanol–water partition coefficient (Wildman–Crippen LogP) is 4.77. The second-order valence-corrected chi connectivity index (χ2v) is 6.76. The number of nitrogens with one attached hydrogen (secondary N) is 1. The summed E-state index contributed by atoms with van der Waals surface area (Å²) in [4.78, 5) is 13.4. The van der Waals surface area contributed by atoms with Crippen LogP contribution in [0.15, 0.2) is 23.6 Å². The number of thiophene rings is 1. The van der Waals surface area contributed by atoms with Crippen molar-refractivity contribution in [3.8, 4) is 5.75 Å². The second-order valence-electron chi connectivity index (χ2n) is 4.54. The van der Waals surface area contributed by atoms with Crippen LogP contribution in [0.25, 0.3) is 0 Å². The smallest absolute Gasteiger partial charge is 0.256 e. The molecule has 0 fully saturated rings. The predicted molar refractivity (Wildman–Crippen MR) is 88.1 cm³/mol. The number of amides is 1. The fourth-order valence-electron chi connectivity index (χ4n) is 1.87. The standard InChI is InChI=1S/C14H12Cl3NO2S/c1-7(5-8-3-2-4-21-8)18-14(20)11-12(17)9(15)6-10(16)13(11)19/h2-4,6-7,19H,5H2,1H3,(H,18,20). The first-order valence-electron chi connectivity index (χ1n) is 6.10. The maximum atomic E-state index is 12.3. The molecule has 3 nitrogen and oxygen atoms in total. The number of benzene rings is 1. The van der Waals surface area contributed by atoms with Gasteiger partial charge in [-0.1, -0.05) is 40.9 Å². The summed E-state index contributed by atoms with van der Waals surface area (Å²) in [6, 6.07) is 5.12. The lowest BCUT2D eigenvalue weighted by atomic mass is 10.1. The van der Waals surface area contributed by atoms with E-state index in [1.165, 1.54) is 6.07 Å². The summed E-state index contributed by atoms with van der Waals surface area (Å²) in [5.41, 5.74) is -0.104. The van der Waals surface area contributed by atoms with Gasteiger partial charge >= 0.3 is 0 Å². The van der Waals surface area contributed by atoms with Gasteiger partial charge in [-0.3, -0.25) is 4.79 Å². The monoisotopic (exact) mass is 363 g/mol. The summed E-state index contributed by atoms with van der Waals surface area (Å²) in [5, 5.41) is 14.8. The fraction of sp³-hybridized carbons (Fsp3) is 0.214. The molecule has 21 heavy (non-hydrogen) atoms. The Kier molecular flexibility index (Phi) is 5.38. The first kappa shape index (κ1) is 16.4. The van der Waals surface area contributed by atoms with Gasteiger partial charge < -0.3 is 10.4 Å². The van der Waals surface area contributed by atoms with Crippen molar-refractivity contribution in [3.63, 3.8) is 0 Å². The van der Waals surface area contributed by atoms with E-state index >= 15 is 0 Å². The van der Waals surface area contributed by atoms with E-state index in [1.54, 1.807) is 11.3 Å². The van der Waals surface area contributed by atoms with Gasteiger partial charge in [0, 0.05) is 17.3 Å². The molecule has 0 saturated heterocycles. The average molecular weight is 365 g/mol. The van der Waals surface area contributed by atoms with E-state index in [1.807, 2.05) is 24.4 Å². The number of phenols is 1. The van der Waals surface area contributed by atoms with Gasteiger partial charge in [-0.15, -0.1) is 11.3 Å². The van der Waals surface area contributed by atoms with E-state index < -0.39 is 5.91 Å². The fourth-order valence-corrected chi connectivity index (χ4v) is 3.40. The Morgan fingerprint density at radius 2 is 2.10 bits per heavy atom. The molecule has 2 aromatic rings. The highest BCUT2D eigenvalue weighted by molar-refractivity contribution is 7.09. The summed E-state index contributed by atoms with van der Waals surface area (Å²) in [5.74, 6) is -0.877. The second kappa shape index (κ2) is 6.88. The zero-order valence-corrected chi connectivity index (χ0v) is 14.1. The van der Waals surface area contributed by atoms with Crippen LogP contribution in [0.2, 0.25) is 15.1 Å². The Morgan fingerprint density at radius 1 is 1.38 bits per heavy atom. The van der Waals surface area contributed by atoms with Gasteiger partial charge in [-0.25, -0.2) is 0 Å². The highest BCUT2D eigenvalue weighted by atomic mass is 35.5. The molecule has 112 valence electrons. The first-order valence-corrected chi connectivity index (χ1v) is 8.11. The average Bonchev–Trinajstić information content (AvgIpc) is 2.89. The minimum Gasteiger partial charge on any atom is -0.505 e. The van der Waals surface area contributed by atoms with E-state index in [4.69, 9.17) is 34.8 Å². The summed E-state index contributed by atoms with van der Waals surface area (Å²) in [6.45, 7) is 1.87. The topological polar surface area (TPSA) is 49.3 Å². The molecule has 0 bridgehead atoms. The normalized spacial score (nSPS) is 12.2. The van der Waals surface area contributed by atoms with Gasteiger partial charge in [-0.05, 0) is 24.4 Å². The minimum atomic E-state index is -0.508. The first-order chi connectivity index (χ1) is 9.90. The van der Waals surface area contributed by atoms with Crippen LogP contribution >= 0.6 is 46.1 Å². The van der Waals surface area contributed by atoms with Crippen molar-refractivity contribution in [2.45, 2.75) is 19.4 Å². The molecule has 7 heteroatoms. The Balaban J connectivity index is 2.17. The lowest BCUT2D eigenvalue weighted by molar-refractivity contribution is 0.0937. The van der Waals surface area contributed by atoms with Crippen molar-refractivity contribution < 1.29 is 9.90 Å². The summed E-state index contributed by atoms with van der Waals surface area (Å²) in [7, 11) is 0. The van der Waals surface area contributed by atoms with Crippen LogP contribution in [0, 0.1) is 0 Å². The van der Waals surface area contributed by atoms with Crippen LogP contribution in [0.4, 0.5) is 0 Å². The third kappa shape index (κ3) is 3.83. The molecule has 0 aliphatic rings. The van der Waals surface area contributed by atoms with Crippen LogP contribution in [-0.4, -0.2) is 17.1 Å². The van der Waals surface area contributed by atoms with Crippen molar-refractivity contribution in [2.75, 3.05) is 0 Å². The Morgan fingerprint density at radius 3 is 2.71 bits per heavy atom. The Labute approximate surface area is 141 Å². The van der Waals surface area contributed by atoms with Crippen LogP contribution in [0.1, 0.15) is 22.2 Å². The Hall–Kier alpha value is -0.940. The van der Waals surface area contributed by atoms with Gasteiger partial charge in [0.25, 0.3) is 5.91 Å². The number of rotatable bonds is 4. The molecule has 1 aromatic heterocycles. The number of carbonyl (C=O) groups is 1. The molecule has 1 amide bonds. The molecule has 2 rings (SSSR count). The van der Waals surface area contributed by atoms with Crippen molar-refractivity contribution in [2.24, 2.45) is 0 Å². The quantitative estimate of drug-likeness (QED) is 0.767. The molecule has 0 aliphatic carbocycles. The summed E-state index contributed by atoms with van der Waals surface area (Å²) < 4.78 is 0. The maximum absolute atomic E-state index is 12.3. The van der Waals surface area contributed by atoms with E-state index in [0.29, 0.717) is 6.42 Å². The SMILES string of the molecule is CC(Cc1cccs1)NC(=O)c1c(O)c(Cl)cc(Cl)c1Cl. The van der Waals surface area contributed by atoms with E-state index in [9.17, 15) is 9.90 Å². The van der Waals surface area contributed by atoms with Gasteiger partial charge in [0.15, 0.2) is 0 Å². The van der Waals surface area contributed by atoms with Crippen LogP contribution < -0.4 is 5.32 Å².